The van der Waals surface area contributed by atoms with Crippen LogP contribution in [0.3, 0.4) is 0 Å². The summed E-state index contributed by atoms with van der Waals surface area (Å²) in [5, 5.41) is 0. The number of phosphoric ester groups is 1. The smallest absolute Gasteiger partial charge is 0.306 e. The first-order valence-electron chi connectivity index (χ1n) is 18.0. The molecule has 0 aliphatic carbocycles. The van der Waals surface area contributed by atoms with E-state index >= 15 is 0 Å². The molecule has 0 rings (SSSR count). The van der Waals surface area contributed by atoms with Crippen molar-refractivity contribution in [1.29, 1.82) is 0 Å². The summed E-state index contributed by atoms with van der Waals surface area (Å²) in [4.78, 5) is 37.1. The largest absolute Gasteiger partial charge is 0.756 e. The van der Waals surface area contributed by atoms with Crippen molar-refractivity contribution in [2.24, 2.45) is 0 Å². The molecule has 0 aromatic carbocycles. The van der Waals surface area contributed by atoms with Crippen molar-refractivity contribution >= 4 is 19.8 Å². The number of unbranched alkanes of at least 4 members (excludes halogenated alkanes) is 14. The van der Waals surface area contributed by atoms with Crippen molar-refractivity contribution < 1.29 is 42.1 Å². The van der Waals surface area contributed by atoms with Crippen LogP contribution < -0.4 is 4.89 Å². The third kappa shape index (κ3) is 32.4. The van der Waals surface area contributed by atoms with Gasteiger partial charge in [0.25, 0.3) is 7.82 Å². The van der Waals surface area contributed by atoms with Crippen LogP contribution in [0.5, 0.6) is 0 Å². The predicted molar refractivity (Wildman–Crippen MR) is 185 cm³/mol. The molecule has 46 heavy (non-hydrogen) atoms. The van der Waals surface area contributed by atoms with Gasteiger partial charge in [-0.05, 0) is 38.5 Å². The van der Waals surface area contributed by atoms with E-state index in [0.29, 0.717) is 17.4 Å². The van der Waals surface area contributed by atoms with Gasteiger partial charge in [-0.3, -0.25) is 14.2 Å². The van der Waals surface area contributed by atoms with Crippen molar-refractivity contribution in [3.05, 3.63) is 24.3 Å². The SMILES string of the molecule is CCCC/C=C/C/C=C/CCCCCCCC(=O)O[C@H](COC(=O)CCCCCCCCCC)COP(=O)([O-])OCC[N+](C)(C)C. The van der Waals surface area contributed by atoms with E-state index in [4.69, 9.17) is 18.5 Å². The molecule has 0 bridgehead atoms. The Morgan fingerprint density at radius 3 is 1.78 bits per heavy atom. The van der Waals surface area contributed by atoms with Gasteiger partial charge in [-0.2, -0.15) is 0 Å². The minimum atomic E-state index is -4.61. The molecule has 0 saturated heterocycles. The molecule has 0 aliphatic heterocycles. The molecule has 0 radical (unpaired) electrons. The first-order chi connectivity index (χ1) is 22.0. The van der Waals surface area contributed by atoms with Crippen LogP contribution in [0.25, 0.3) is 0 Å². The average Bonchev–Trinajstić information content (AvgIpc) is 2.99. The number of allylic oxidation sites excluding steroid dienone is 4. The standard InChI is InChI=1S/C36H68NO8P/c1-6-8-10-12-14-16-17-18-19-20-21-23-25-27-29-36(39)45-34(33-44-46(40,41)43-31-30-37(3,4)5)32-42-35(38)28-26-24-22-15-13-11-9-7-2/h12,14,17-18,34H,6-11,13,15-16,19-33H2,1-5H3/b14-12+,18-17+/t34-/m1/s1. The third-order valence-electron chi connectivity index (χ3n) is 7.47. The van der Waals surface area contributed by atoms with Gasteiger partial charge in [0.1, 0.15) is 19.8 Å². The lowest BCUT2D eigenvalue weighted by Gasteiger charge is -2.28. The quantitative estimate of drug-likeness (QED) is 0.0230. The Balaban J connectivity index is 4.48. The highest BCUT2D eigenvalue weighted by Gasteiger charge is 2.21. The Morgan fingerprint density at radius 2 is 1.20 bits per heavy atom. The number of likely N-dealkylation sites (N-methyl/N-ethyl adjacent to an activating group) is 1. The van der Waals surface area contributed by atoms with E-state index < -0.39 is 32.5 Å². The predicted octanol–water partition coefficient (Wildman–Crippen LogP) is 8.60. The average molecular weight is 674 g/mol. The van der Waals surface area contributed by atoms with E-state index in [9.17, 15) is 19.0 Å². The van der Waals surface area contributed by atoms with Gasteiger partial charge in [0, 0.05) is 12.8 Å². The molecule has 0 spiro atoms. The second-order valence-electron chi connectivity index (χ2n) is 13.2. The fourth-order valence-electron chi connectivity index (χ4n) is 4.55. The lowest BCUT2D eigenvalue weighted by molar-refractivity contribution is -0.870. The second kappa shape index (κ2) is 29.6. The van der Waals surface area contributed by atoms with Crippen LogP contribution in [-0.4, -0.2) is 70.0 Å². The Hall–Kier alpha value is -1.51. The fourth-order valence-corrected chi connectivity index (χ4v) is 5.28. The number of quaternary nitrogens is 1. The molecule has 0 N–H and O–H groups in total. The van der Waals surface area contributed by atoms with Gasteiger partial charge in [-0.1, -0.05) is 115 Å². The molecule has 0 heterocycles. The topological polar surface area (TPSA) is 111 Å². The monoisotopic (exact) mass is 673 g/mol. The molecule has 9 nitrogen and oxygen atoms in total. The van der Waals surface area contributed by atoms with E-state index in [0.717, 1.165) is 64.2 Å². The lowest BCUT2D eigenvalue weighted by atomic mass is 10.1. The van der Waals surface area contributed by atoms with Gasteiger partial charge < -0.3 is 27.9 Å². The summed E-state index contributed by atoms with van der Waals surface area (Å²) in [6.07, 6.45) is 27.8. The van der Waals surface area contributed by atoms with Crippen LogP contribution in [0.1, 0.15) is 142 Å². The number of hydrogen-bond donors (Lipinski definition) is 0. The maximum absolute atomic E-state index is 12.5. The number of ether oxygens (including phenoxy) is 2. The lowest BCUT2D eigenvalue weighted by Crippen LogP contribution is -2.37. The Labute approximate surface area is 281 Å². The molecular weight excluding hydrogens is 605 g/mol. The van der Waals surface area contributed by atoms with Crippen LogP contribution in [0, 0.1) is 0 Å². The molecule has 10 heteroatoms. The molecule has 0 aromatic rings. The first kappa shape index (κ1) is 44.5. The summed E-state index contributed by atoms with van der Waals surface area (Å²) in [6, 6.07) is 0. The van der Waals surface area contributed by atoms with Crippen molar-refractivity contribution in [2.45, 2.75) is 148 Å². The van der Waals surface area contributed by atoms with E-state index in [1.807, 2.05) is 21.1 Å². The van der Waals surface area contributed by atoms with Gasteiger partial charge in [-0.25, -0.2) is 0 Å². The van der Waals surface area contributed by atoms with Crippen LogP contribution in [0.15, 0.2) is 24.3 Å². The Morgan fingerprint density at radius 1 is 0.674 bits per heavy atom. The highest BCUT2D eigenvalue weighted by molar-refractivity contribution is 7.45. The Kier molecular flexibility index (Phi) is 28.6. The second-order valence-corrected chi connectivity index (χ2v) is 14.6. The van der Waals surface area contributed by atoms with Gasteiger partial charge in [-0.15, -0.1) is 0 Å². The van der Waals surface area contributed by atoms with Gasteiger partial charge in [0.15, 0.2) is 6.10 Å². The minimum absolute atomic E-state index is 0.0327. The number of rotatable bonds is 32. The molecule has 0 fully saturated rings. The van der Waals surface area contributed by atoms with Gasteiger partial charge in [0.05, 0.1) is 27.7 Å². The molecule has 0 aromatic heterocycles. The zero-order valence-electron chi connectivity index (χ0n) is 30.0. The number of phosphoric acid groups is 1. The fraction of sp³-hybridized carbons (Fsp3) is 0.833. The highest BCUT2D eigenvalue weighted by Crippen LogP contribution is 2.38. The van der Waals surface area contributed by atoms with Crippen LogP contribution in [-0.2, 0) is 32.7 Å². The molecule has 270 valence electrons. The number of carbonyl (C=O) groups is 2. The van der Waals surface area contributed by atoms with E-state index in [-0.39, 0.29) is 26.1 Å². The van der Waals surface area contributed by atoms with Crippen molar-refractivity contribution in [2.75, 3.05) is 47.5 Å². The van der Waals surface area contributed by atoms with E-state index in [1.54, 1.807) is 0 Å². The molecule has 0 saturated carbocycles. The maximum atomic E-state index is 12.5. The van der Waals surface area contributed by atoms with Crippen molar-refractivity contribution in [1.82, 2.24) is 0 Å². The zero-order valence-corrected chi connectivity index (χ0v) is 30.9. The minimum Gasteiger partial charge on any atom is -0.756 e. The summed E-state index contributed by atoms with van der Waals surface area (Å²) in [5.74, 6) is -0.857. The summed E-state index contributed by atoms with van der Waals surface area (Å²) in [6.45, 7) is 4.11. The van der Waals surface area contributed by atoms with Crippen LogP contribution in [0.4, 0.5) is 0 Å². The summed E-state index contributed by atoms with van der Waals surface area (Å²) < 4.78 is 33.6. The third-order valence-corrected chi connectivity index (χ3v) is 8.44. The summed E-state index contributed by atoms with van der Waals surface area (Å²) in [7, 11) is 1.15. The van der Waals surface area contributed by atoms with Crippen LogP contribution in [0.2, 0.25) is 0 Å². The summed E-state index contributed by atoms with van der Waals surface area (Å²) >= 11 is 0. The van der Waals surface area contributed by atoms with Crippen molar-refractivity contribution in [3.63, 3.8) is 0 Å². The summed E-state index contributed by atoms with van der Waals surface area (Å²) in [5.41, 5.74) is 0. The number of esters is 2. The molecule has 1 unspecified atom stereocenters. The van der Waals surface area contributed by atoms with E-state index in [2.05, 4.69) is 38.2 Å². The molecule has 0 amide bonds. The van der Waals surface area contributed by atoms with E-state index in [1.165, 1.54) is 44.9 Å². The number of nitrogens with zero attached hydrogens (tertiary/aromatic N) is 1. The zero-order chi connectivity index (χ0) is 34.4. The van der Waals surface area contributed by atoms with Crippen molar-refractivity contribution in [3.8, 4) is 0 Å². The molecule has 0 aliphatic rings. The number of hydrogen-bond acceptors (Lipinski definition) is 8. The maximum Gasteiger partial charge on any atom is 0.306 e. The van der Waals surface area contributed by atoms with Gasteiger partial charge in [0.2, 0.25) is 0 Å². The highest BCUT2D eigenvalue weighted by atomic mass is 31.2. The molecular formula is C36H68NO8P. The normalized spacial score (nSPS) is 14.1. The van der Waals surface area contributed by atoms with Gasteiger partial charge >= 0.3 is 11.9 Å². The van der Waals surface area contributed by atoms with Crippen LogP contribution >= 0.6 is 7.82 Å². The first-order valence-corrected chi connectivity index (χ1v) is 19.5. The number of carbonyl (C=O) groups excluding carboxylic acids is 2. The molecule has 2 atom stereocenters. The Bertz CT molecular complexity index is 855.